The summed E-state index contributed by atoms with van der Waals surface area (Å²) in [5.41, 5.74) is 1.14. The smallest absolute Gasteiger partial charge is 0.281 e. The van der Waals surface area contributed by atoms with Crippen LogP contribution >= 0.6 is 22.2 Å². The van der Waals surface area contributed by atoms with Crippen LogP contribution < -0.4 is 14.7 Å². The van der Waals surface area contributed by atoms with Crippen molar-refractivity contribution in [2.45, 2.75) is 12.5 Å². The molecular formula is C16H18Cl2O2Si. The van der Waals surface area contributed by atoms with Gasteiger partial charge in [0.1, 0.15) is 0 Å². The summed E-state index contributed by atoms with van der Waals surface area (Å²) in [5.74, 6) is 1.45. The molecule has 0 spiro atoms. The summed E-state index contributed by atoms with van der Waals surface area (Å²) < 4.78 is 10.6. The van der Waals surface area contributed by atoms with Gasteiger partial charge in [0.05, 0.1) is 14.2 Å². The highest BCUT2D eigenvalue weighted by atomic mass is 35.7. The maximum absolute atomic E-state index is 6.59. The molecule has 0 unspecified atom stereocenters. The number of ether oxygens (including phenoxy) is 2. The molecule has 0 saturated heterocycles. The topological polar surface area (TPSA) is 18.5 Å². The zero-order valence-corrected chi connectivity index (χ0v) is 14.6. The van der Waals surface area contributed by atoms with Gasteiger partial charge in [0, 0.05) is 0 Å². The van der Waals surface area contributed by atoms with Gasteiger partial charge in [-0.05, 0) is 35.3 Å². The van der Waals surface area contributed by atoms with Crippen LogP contribution in [0.4, 0.5) is 0 Å². The second-order valence-electron chi connectivity index (χ2n) is 4.76. The van der Waals surface area contributed by atoms with Crippen molar-refractivity contribution in [3.8, 4) is 11.5 Å². The van der Waals surface area contributed by atoms with Crippen LogP contribution in [0.1, 0.15) is 5.56 Å². The van der Waals surface area contributed by atoms with E-state index in [2.05, 4.69) is 0 Å². The van der Waals surface area contributed by atoms with Crippen LogP contribution in [0.15, 0.2) is 48.5 Å². The second-order valence-corrected chi connectivity index (χ2v) is 11.7. The molecule has 0 heterocycles. The first-order valence-corrected chi connectivity index (χ1v) is 10.9. The van der Waals surface area contributed by atoms with Crippen LogP contribution in [0, 0.1) is 0 Å². The molecule has 2 aromatic rings. The second kappa shape index (κ2) is 7.21. The molecule has 0 fully saturated rings. The van der Waals surface area contributed by atoms with Gasteiger partial charge in [-0.15, -0.1) is 22.2 Å². The Bertz CT molecular complexity index is 588. The first-order chi connectivity index (χ1) is 10.1. The Balaban J connectivity index is 2.09. The Morgan fingerprint density at radius 2 is 1.57 bits per heavy atom. The highest BCUT2D eigenvalue weighted by molar-refractivity contribution is 7.50. The van der Waals surface area contributed by atoms with Crippen LogP contribution in [0.2, 0.25) is 6.04 Å². The lowest BCUT2D eigenvalue weighted by Crippen LogP contribution is -2.36. The summed E-state index contributed by atoms with van der Waals surface area (Å²) in [4.78, 5) is 0. The van der Waals surface area contributed by atoms with Crippen LogP contribution in [0.3, 0.4) is 0 Å². The molecule has 0 bridgehead atoms. The molecule has 0 N–H and O–H groups in total. The molecular weight excluding hydrogens is 323 g/mol. The van der Waals surface area contributed by atoms with Gasteiger partial charge < -0.3 is 9.47 Å². The summed E-state index contributed by atoms with van der Waals surface area (Å²) in [6, 6.07) is 16.6. The lowest BCUT2D eigenvalue weighted by molar-refractivity contribution is 0.354. The highest BCUT2D eigenvalue weighted by Crippen LogP contribution is 2.29. The first-order valence-electron chi connectivity index (χ1n) is 6.71. The van der Waals surface area contributed by atoms with Crippen molar-refractivity contribution in [2.75, 3.05) is 14.2 Å². The number of rotatable bonds is 6. The zero-order valence-electron chi connectivity index (χ0n) is 12.1. The van der Waals surface area contributed by atoms with Crippen molar-refractivity contribution in [2.24, 2.45) is 0 Å². The van der Waals surface area contributed by atoms with E-state index >= 15 is 0 Å². The molecule has 0 saturated carbocycles. The van der Waals surface area contributed by atoms with E-state index in [0.717, 1.165) is 34.7 Å². The highest BCUT2D eigenvalue weighted by Gasteiger charge is 2.30. The van der Waals surface area contributed by atoms with Gasteiger partial charge in [-0.2, -0.15) is 0 Å². The Hall–Kier alpha value is -1.16. The third-order valence-corrected chi connectivity index (χ3v) is 7.87. The molecule has 112 valence electrons. The van der Waals surface area contributed by atoms with Crippen molar-refractivity contribution in [1.29, 1.82) is 0 Å². The summed E-state index contributed by atoms with van der Waals surface area (Å²) in [5, 5.41) is 1.05. The number of benzene rings is 2. The van der Waals surface area contributed by atoms with Gasteiger partial charge in [0.25, 0.3) is 6.69 Å². The van der Waals surface area contributed by atoms with Gasteiger partial charge in [-0.3, -0.25) is 0 Å². The fourth-order valence-corrected chi connectivity index (χ4v) is 5.06. The van der Waals surface area contributed by atoms with Gasteiger partial charge >= 0.3 is 0 Å². The number of halogens is 2. The van der Waals surface area contributed by atoms with Crippen molar-refractivity contribution >= 4 is 34.0 Å². The summed E-state index contributed by atoms with van der Waals surface area (Å²) >= 11 is 13.2. The standard InChI is InChI=1S/C16H18Cl2O2Si/c1-19-15-9-8-13(12-16(15)20-2)10-11-21(17,18)14-6-4-3-5-7-14/h3-9,12H,10-11H2,1-2H3. The Morgan fingerprint density at radius 1 is 0.905 bits per heavy atom. The Kier molecular flexibility index (Phi) is 5.56. The molecule has 2 rings (SSSR count). The van der Waals surface area contributed by atoms with E-state index in [1.165, 1.54) is 0 Å². The van der Waals surface area contributed by atoms with Crippen molar-refractivity contribution < 1.29 is 9.47 Å². The molecule has 2 nitrogen and oxygen atoms in total. The molecule has 0 atom stereocenters. The predicted octanol–water partition coefficient (Wildman–Crippen LogP) is 4.07. The largest absolute Gasteiger partial charge is 0.493 e. The van der Waals surface area contributed by atoms with Crippen molar-refractivity contribution in [1.82, 2.24) is 0 Å². The third-order valence-electron chi connectivity index (χ3n) is 3.37. The first kappa shape index (κ1) is 16.2. The minimum Gasteiger partial charge on any atom is -0.493 e. The number of hydrogen-bond acceptors (Lipinski definition) is 2. The average molecular weight is 341 g/mol. The predicted molar refractivity (Wildman–Crippen MR) is 91.6 cm³/mol. The maximum atomic E-state index is 6.59. The third kappa shape index (κ3) is 4.16. The average Bonchev–Trinajstić information content (AvgIpc) is 2.53. The summed E-state index contributed by atoms with van der Waals surface area (Å²) in [7, 11) is 3.26. The zero-order chi connectivity index (χ0) is 15.3. The van der Waals surface area contributed by atoms with E-state index in [9.17, 15) is 0 Å². The molecule has 5 heteroatoms. The molecule has 0 aliphatic heterocycles. The van der Waals surface area contributed by atoms with Gasteiger partial charge in [-0.1, -0.05) is 36.4 Å². The van der Waals surface area contributed by atoms with Gasteiger partial charge in [-0.25, -0.2) is 0 Å². The van der Waals surface area contributed by atoms with Crippen LogP contribution in [0.25, 0.3) is 0 Å². The van der Waals surface area contributed by atoms with Gasteiger partial charge in [0.15, 0.2) is 11.5 Å². The van der Waals surface area contributed by atoms with E-state index in [1.807, 2.05) is 48.5 Å². The number of methoxy groups -OCH3 is 2. The summed E-state index contributed by atoms with van der Waals surface area (Å²) in [6.45, 7) is -2.44. The maximum Gasteiger partial charge on any atom is 0.281 e. The molecule has 0 aliphatic carbocycles. The van der Waals surface area contributed by atoms with Crippen molar-refractivity contribution in [3.05, 3.63) is 54.1 Å². The molecule has 0 radical (unpaired) electrons. The van der Waals surface area contributed by atoms with E-state index < -0.39 is 6.69 Å². The monoisotopic (exact) mass is 340 g/mol. The minimum absolute atomic E-state index is 0.726. The van der Waals surface area contributed by atoms with Gasteiger partial charge in [0.2, 0.25) is 0 Å². The normalized spacial score (nSPS) is 11.2. The molecule has 0 aromatic heterocycles. The quantitative estimate of drug-likeness (QED) is 0.582. The van der Waals surface area contributed by atoms with E-state index in [4.69, 9.17) is 31.6 Å². The molecule has 21 heavy (non-hydrogen) atoms. The molecule has 2 aromatic carbocycles. The van der Waals surface area contributed by atoms with Crippen LogP contribution in [-0.2, 0) is 6.42 Å². The van der Waals surface area contributed by atoms with E-state index in [0.29, 0.717) is 0 Å². The van der Waals surface area contributed by atoms with Crippen LogP contribution in [-0.4, -0.2) is 20.9 Å². The molecule has 0 amide bonds. The Morgan fingerprint density at radius 3 is 2.19 bits per heavy atom. The lowest BCUT2D eigenvalue weighted by atomic mass is 10.1. The number of aryl methyl sites for hydroxylation is 1. The minimum atomic E-state index is -2.44. The van der Waals surface area contributed by atoms with E-state index in [-0.39, 0.29) is 0 Å². The SMILES string of the molecule is COc1ccc(CC[Si](Cl)(Cl)c2ccccc2)cc1OC. The molecule has 0 aliphatic rings. The fourth-order valence-electron chi connectivity index (χ4n) is 2.16. The number of hydrogen-bond donors (Lipinski definition) is 0. The van der Waals surface area contributed by atoms with Crippen molar-refractivity contribution in [3.63, 3.8) is 0 Å². The van der Waals surface area contributed by atoms with Crippen LogP contribution in [0.5, 0.6) is 11.5 Å². The van der Waals surface area contributed by atoms with E-state index in [1.54, 1.807) is 14.2 Å². The lowest BCUT2D eigenvalue weighted by Gasteiger charge is -2.17. The fraction of sp³-hybridized carbons (Fsp3) is 0.250. The Labute approximate surface area is 136 Å². The summed E-state index contributed by atoms with van der Waals surface area (Å²) in [6.07, 6.45) is 0.814.